The molecule has 0 atom stereocenters. The maximum Gasteiger partial charge on any atom is 0.264 e. The summed E-state index contributed by atoms with van der Waals surface area (Å²) < 4.78 is 60.4. The zero-order chi connectivity index (χ0) is 22.2. The Morgan fingerprint density at radius 3 is 2.00 bits per heavy atom. The zero-order valence-corrected chi connectivity index (χ0v) is 18.3. The molecule has 0 bridgehead atoms. The number of benzene rings is 3. The summed E-state index contributed by atoms with van der Waals surface area (Å²) in [6, 6.07) is 17.7. The van der Waals surface area contributed by atoms with Gasteiger partial charge in [-0.15, -0.1) is 0 Å². The number of fused-ring (bicyclic) bond motifs is 1. The van der Waals surface area contributed by atoms with Crippen molar-refractivity contribution in [2.75, 3.05) is 9.44 Å². The summed E-state index contributed by atoms with van der Waals surface area (Å²) in [4.78, 5) is 0.0651. The maximum absolute atomic E-state index is 12.7. The highest BCUT2D eigenvalue weighted by molar-refractivity contribution is 7.93. The standard InChI is InChI=1S/C21H19N3O5S2/c1-14-15(2)22-29-21(14)24-30(25,26)19-11-8-18(9-12-19)23-31(27,28)20-10-7-16-5-3-4-6-17(16)13-20/h3-13,23-24H,1-2H3. The lowest BCUT2D eigenvalue weighted by Crippen LogP contribution is -2.14. The molecule has 160 valence electrons. The third kappa shape index (κ3) is 4.25. The third-order valence-corrected chi connectivity index (χ3v) is 7.56. The van der Waals surface area contributed by atoms with E-state index in [-0.39, 0.29) is 21.4 Å². The summed E-state index contributed by atoms with van der Waals surface area (Å²) in [5, 5.41) is 5.45. The summed E-state index contributed by atoms with van der Waals surface area (Å²) in [5.74, 6) is 0.0404. The van der Waals surface area contributed by atoms with Crippen LogP contribution in [0.3, 0.4) is 0 Å². The normalized spacial score (nSPS) is 12.1. The average molecular weight is 458 g/mol. The molecule has 0 aliphatic heterocycles. The van der Waals surface area contributed by atoms with Crippen molar-refractivity contribution >= 4 is 42.4 Å². The van der Waals surface area contributed by atoms with Crippen LogP contribution < -0.4 is 9.44 Å². The Hall–Kier alpha value is -3.37. The largest absolute Gasteiger partial charge is 0.337 e. The molecule has 2 N–H and O–H groups in total. The van der Waals surface area contributed by atoms with E-state index in [1.165, 1.54) is 30.3 Å². The summed E-state index contributed by atoms with van der Waals surface area (Å²) in [7, 11) is -7.76. The van der Waals surface area contributed by atoms with Crippen LogP contribution in [0.2, 0.25) is 0 Å². The van der Waals surface area contributed by atoms with Crippen LogP contribution in [-0.2, 0) is 20.0 Å². The second kappa shape index (κ2) is 7.71. The van der Waals surface area contributed by atoms with Gasteiger partial charge in [0, 0.05) is 11.3 Å². The van der Waals surface area contributed by atoms with Crippen LogP contribution in [0.4, 0.5) is 11.6 Å². The van der Waals surface area contributed by atoms with Gasteiger partial charge in [-0.1, -0.05) is 35.5 Å². The Kier molecular flexibility index (Phi) is 5.19. The van der Waals surface area contributed by atoms with Gasteiger partial charge in [0.2, 0.25) is 5.88 Å². The highest BCUT2D eigenvalue weighted by Crippen LogP contribution is 2.24. The first-order valence-corrected chi connectivity index (χ1v) is 12.2. The molecule has 0 aliphatic rings. The fraction of sp³-hybridized carbons (Fsp3) is 0.0952. The molecule has 3 aromatic carbocycles. The molecule has 0 amide bonds. The van der Waals surface area contributed by atoms with Crippen LogP contribution in [0.25, 0.3) is 10.8 Å². The van der Waals surface area contributed by atoms with Gasteiger partial charge in [0.05, 0.1) is 15.5 Å². The van der Waals surface area contributed by atoms with Gasteiger partial charge in [-0.05, 0) is 61.0 Å². The SMILES string of the molecule is Cc1noc(NS(=O)(=O)c2ccc(NS(=O)(=O)c3ccc4ccccc4c3)cc2)c1C. The van der Waals surface area contributed by atoms with Crippen molar-refractivity contribution in [1.82, 2.24) is 5.16 Å². The Bertz CT molecular complexity index is 1480. The number of hydrogen-bond donors (Lipinski definition) is 2. The monoisotopic (exact) mass is 457 g/mol. The number of anilines is 2. The summed E-state index contributed by atoms with van der Waals surface area (Å²) in [5.41, 5.74) is 1.40. The smallest absolute Gasteiger partial charge is 0.264 e. The minimum absolute atomic E-state index is 0.0404. The molecule has 4 rings (SSSR count). The fourth-order valence-corrected chi connectivity index (χ4v) is 5.08. The Morgan fingerprint density at radius 2 is 1.35 bits per heavy atom. The number of rotatable bonds is 6. The molecule has 8 nitrogen and oxygen atoms in total. The molecule has 0 aliphatic carbocycles. The zero-order valence-electron chi connectivity index (χ0n) is 16.7. The van der Waals surface area contributed by atoms with Crippen LogP contribution in [0, 0.1) is 13.8 Å². The summed E-state index contributed by atoms with van der Waals surface area (Å²) in [6.07, 6.45) is 0. The lowest BCUT2D eigenvalue weighted by Gasteiger charge is -2.10. The first kappa shape index (κ1) is 20.9. The van der Waals surface area contributed by atoms with Crippen LogP contribution in [0.1, 0.15) is 11.3 Å². The number of aromatic nitrogens is 1. The summed E-state index contributed by atoms with van der Waals surface area (Å²) >= 11 is 0. The van der Waals surface area contributed by atoms with Gasteiger partial charge in [-0.3, -0.25) is 4.72 Å². The first-order chi connectivity index (χ1) is 14.7. The molecule has 1 heterocycles. The Morgan fingerprint density at radius 1 is 0.742 bits per heavy atom. The topological polar surface area (TPSA) is 118 Å². The van der Waals surface area contributed by atoms with E-state index in [4.69, 9.17) is 4.52 Å². The highest BCUT2D eigenvalue weighted by Gasteiger charge is 2.20. The number of sulfonamides is 2. The van der Waals surface area contributed by atoms with Crippen molar-refractivity contribution in [3.05, 3.63) is 78.0 Å². The number of hydrogen-bond acceptors (Lipinski definition) is 6. The highest BCUT2D eigenvalue weighted by atomic mass is 32.2. The van der Waals surface area contributed by atoms with Crippen LogP contribution in [0.5, 0.6) is 0 Å². The van der Waals surface area contributed by atoms with E-state index in [1.54, 1.807) is 26.0 Å². The second-order valence-electron chi connectivity index (χ2n) is 6.97. The van der Waals surface area contributed by atoms with Crippen LogP contribution in [0.15, 0.2) is 81.0 Å². The van der Waals surface area contributed by atoms with E-state index in [1.807, 2.05) is 24.3 Å². The second-order valence-corrected chi connectivity index (χ2v) is 10.3. The molecule has 4 aromatic rings. The van der Waals surface area contributed by atoms with Crippen molar-refractivity contribution < 1.29 is 21.4 Å². The lowest BCUT2D eigenvalue weighted by molar-refractivity contribution is 0.430. The van der Waals surface area contributed by atoms with Crippen molar-refractivity contribution in [3.63, 3.8) is 0 Å². The molecule has 0 fully saturated rings. The molecule has 0 unspecified atom stereocenters. The minimum Gasteiger partial charge on any atom is -0.337 e. The van der Waals surface area contributed by atoms with Gasteiger partial charge in [-0.2, -0.15) is 0 Å². The van der Waals surface area contributed by atoms with Crippen LogP contribution >= 0.6 is 0 Å². The van der Waals surface area contributed by atoms with Crippen molar-refractivity contribution in [2.45, 2.75) is 23.6 Å². The molecule has 0 saturated carbocycles. The van der Waals surface area contributed by atoms with Crippen molar-refractivity contribution in [1.29, 1.82) is 0 Å². The predicted octanol–water partition coefficient (Wildman–Crippen LogP) is 4.05. The van der Waals surface area contributed by atoms with Crippen molar-refractivity contribution in [2.24, 2.45) is 0 Å². The Balaban J connectivity index is 1.55. The van der Waals surface area contributed by atoms with Gasteiger partial charge >= 0.3 is 0 Å². The average Bonchev–Trinajstić information content (AvgIpc) is 3.05. The van der Waals surface area contributed by atoms with E-state index < -0.39 is 20.0 Å². The molecule has 10 heteroatoms. The maximum atomic E-state index is 12.7. The van der Waals surface area contributed by atoms with E-state index in [0.29, 0.717) is 11.3 Å². The molecule has 1 aromatic heterocycles. The quantitative estimate of drug-likeness (QED) is 0.451. The van der Waals surface area contributed by atoms with Gasteiger partial charge in [0.25, 0.3) is 20.0 Å². The molecule has 0 radical (unpaired) electrons. The van der Waals surface area contributed by atoms with Crippen molar-refractivity contribution in [3.8, 4) is 0 Å². The molecule has 0 spiro atoms. The van der Waals surface area contributed by atoms with Gasteiger partial charge < -0.3 is 4.52 Å². The predicted molar refractivity (Wildman–Crippen MR) is 118 cm³/mol. The fourth-order valence-electron chi connectivity index (χ4n) is 2.94. The van der Waals surface area contributed by atoms with E-state index in [2.05, 4.69) is 14.6 Å². The van der Waals surface area contributed by atoms with Gasteiger partial charge in [0.15, 0.2) is 0 Å². The van der Waals surface area contributed by atoms with Crippen LogP contribution in [-0.4, -0.2) is 22.0 Å². The third-order valence-electron chi connectivity index (χ3n) is 4.83. The number of aryl methyl sites for hydroxylation is 1. The van der Waals surface area contributed by atoms with E-state index >= 15 is 0 Å². The molecule has 0 saturated heterocycles. The van der Waals surface area contributed by atoms with Gasteiger partial charge in [-0.25, -0.2) is 21.6 Å². The molecular formula is C21H19N3O5S2. The first-order valence-electron chi connectivity index (χ1n) is 9.23. The number of nitrogens with zero attached hydrogens (tertiary/aromatic N) is 1. The molecular weight excluding hydrogens is 438 g/mol. The van der Waals surface area contributed by atoms with E-state index in [9.17, 15) is 16.8 Å². The Labute approximate surface area is 180 Å². The number of nitrogens with one attached hydrogen (secondary N) is 2. The lowest BCUT2D eigenvalue weighted by atomic mass is 10.1. The molecule has 31 heavy (non-hydrogen) atoms. The minimum atomic E-state index is -3.92. The van der Waals surface area contributed by atoms with E-state index in [0.717, 1.165) is 10.8 Å². The van der Waals surface area contributed by atoms with Gasteiger partial charge in [0.1, 0.15) is 0 Å². The summed E-state index contributed by atoms with van der Waals surface area (Å²) in [6.45, 7) is 3.39.